The van der Waals surface area contributed by atoms with E-state index in [9.17, 15) is 14.4 Å². The maximum Gasteiger partial charge on any atom is 0.348 e. The molecule has 0 atom stereocenters. The zero-order valence-corrected chi connectivity index (χ0v) is 19.0. The number of carbonyl (C=O) groups excluding carboxylic acids is 3. The molecule has 1 amide bonds. The minimum absolute atomic E-state index is 0.00262. The van der Waals surface area contributed by atoms with Crippen molar-refractivity contribution in [2.75, 3.05) is 11.9 Å². The first kappa shape index (κ1) is 21.3. The summed E-state index contributed by atoms with van der Waals surface area (Å²) in [5.74, 6) is 0.940. The van der Waals surface area contributed by atoms with E-state index in [2.05, 4.69) is 5.32 Å². The maximum atomic E-state index is 13.5. The summed E-state index contributed by atoms with van der Waals surface area (Å²) in [6.07, 6.45) is 6.30. The van der Waals surface area contributed by atoms with Gasteiger partial charge in [0.2, 0.25) is 5.91 Å². The molecule has 0 spiro atoms. The molecule has 164 valence electrons. The summed E-state index contributed by atoms with van der Waals surface area (Å²) < 4.78 is 10.6. The summed E-state index contributed by atoms with van der Waals surface area (Å²) in [4.78, 5) is 39.0. The fourth-order valence-electron chi connectivity index (χ4n) is 6.14. The van der Waals surface area contributed by atoms with E-state index in [4.69, 9.17) is 9.47 Å². The second kappa shape index (κ2) is 7.98. The Hall–Kier alpha value is -1.89. The van der Waals surface area contributed by atoms with Crippen molar-refractivity contribution in [3.8, 4) is 0 Å². The molecule has 30 heavy (non-hydrogen) atoms. The van der Waals surface area contributed by atoms with Gasteiger partial charge in [0.05, 0.1) is 23.7 Å². The van der Waals surface area contributed by atoms with Crippen molar-refractivity contribution in [3.63, 3.8) is 0 Å². The molecule has 4 aliphatic carbocycles. The summed E-state index contributed by atoms with van der Waals surface area (Å²) in [5, 5.41) is 3.45. The molecule has 4 aliphatic rings. The van der Waals surface area contributed by atoms with Crippen molar-refractivity contribution in [2.24, 2.45) is 23.2 Å². The highest BCUT2D eigenvalue weighted by Gasteiger charge is 2.54. The summed E-state index contributed by atoms with van der Waals surface area (Å²) in [7, 11) is 0. The number of amides is 1. The molecule has 0 aliphatic heterocycles. The SMILES string of the molecule is CCOC(=O)c1c(NC(=O)C23CC4CC(CC(C4)C2)C3)sc(C(=O)OC(C)C)c1C. The summed E-state index contributed by atoms with van der Waals surface area (Å²) in [5.41, 5.74) is 0.442. The Kier molecular flexibility index (Phi) is 5.68. The van der Waals surface area contributed by atoms with Crippen LogP contribution in [0, 0.1) is 30.1 Å². The first-order valence-corrected chi connectivity index (χ1v) is 11.9. The lowest BCUT2D eigenvalue weighted by molar-refractivity contribution is -0.140. The van der Waals surface area contributed by atoms with Gasteiger partial charge in [-0.3, -0.25) is 4.79 Å². The second-order valence-electron chi connectivity index (χ2n) is 9.59. The molecule has 0 saturated heterocycles. The van der Waals surface area contributed by atoms with Crippen LogP contribution in [0.5, 0.6) is 0 Å². The number of nitrogens with one attached hydrogen (secondary N) is 1. The average molecular weight is 434 g/mol. The van der Waals surface area contributed by atoms with Crippen LogP contribution in [0.1, 0.15) is 84.9 Å². The lowest BCUT2D eigenvalue weighted by atomic mass is 9.49. The van der Waals surface area contributed by atoms with Gasteiger partial charge in [0.15, 0.2) is 0 Å². The Labute approximate surface area is 181 Å². The molecular formula is C23H31NO5S. The maximum absolute atomic E-state index is 13.5. The summed E-state index contributed by atoms with van der Waals surface area (Å²) >= 11 is 1.12. The van der Waals surface area contributed by atoms with Crippen LogP contribution >= 0.6 is 11.3 Å². The van der Waals surface area contributed by atoms with E-state index < -0.39 is 11.9 Å². The van der Waals surface area contributed by atoms with E-state index >= 15 is 0 Å². The molecule has 5 rings (SSSR count). The first-order valence-electron chi connectivity index (χ1n) is 11.0. The van der Waals surface area contributed by atoms with Crippen LogP contribution in [-0.2, 0) is 14.3 Å². The quantitative estimate of drug-likeness (QED) is 0.642. The van der Waals surface area contributed by atoms with Gasteiger partial charge < -0.3 is 14.8 Å². The lowest BCUT2D eigenvalue weighted by Crippen LogP contribution is -2.51. The topological polar surface area (TPSA) is 81.7 Å². The number of esters is 2. The second-order valence-corrected chi connectivity index (χ2v) is 10.6. The zero-order valence-electron chi connectivity index (χ0n) is 18.2. The smallest absolute Gasteiger partial charge is 0.348 e. The van der Waals surface area contributed by atoms with E-state index in [1.54, 1.807) is 27.7 Å². The zero-order chi connectivity index (χ0) is 21.6. The van der Waals surface area contributed by atoms with E-state index in [0.29, 0.717) is 33.2 Å². The molecule has 4 bridgehead atoms. The van der Waals surface area contributed by atoms with Crippen LogP contribution in [-0.4, -0.2) is 30.6 Å². The Morgan fingerprint density at radius 1 is 1.07 bits per heavy atom. The van der Waals surface area contributed by atoms with Crippen molar-refractivity contribution >= 4 is 34.2 Å². The van der Waals surface area contributed by atoms with Crippen molar-refractivity contribution in [2.45, 2.75) is 72.3 Å². The molecule has 6 nitrogen and oxygen atoms in total. The molecule has 0 aromatic carbocycles. The molecule has 1 aromatic heterocycles. The molecule has 4 saturated carbocycles. The van der Waals surface area contributed by atoms with E-state index in [0.717, 1.165) is 30.6 Å². The standard InChI is InChI=1S/C23H31NO5S/c1-5-28-20(25)17-13(4)18(21(26)29-12(2)3)30-19(17)24-22(27)23-9-14-6-15(10-23)8-16(7-14)11-23/h12,14-16H,5-11H2,1-4H3,(H,24,27). The van der Waals surface area contributed by atoms with Crippen LogP contribution in [0.25, 0.3) is 0 Å². The van der Waals surface area contributed by atoms with Gasteiger partial charge in [0, 0.05) is 0 Å². The van der Waals surface area contributed by atoms with Crippen LogP contribution in [0.3, 0.4) is 0 Å². The molecular weight excluding hydrogens is 402 g/mol. The highest BCUT2D eigenvalue weighted by Crippen LogP contribution is 2.60. The van der Waals surface area contributed by atoms with E-state index in [1.165, 1.54) is 19.3 Å². The molecule has 0 unspecified atom stereocenters. The van der Waals surface area contributed by atoms with Crippen LogP contribution in [0.2, 0.25) is 0 Å². The summed E-state index contributed by atoms with van der Waals surface area (Å²) in [6.45, 7) is 7.23. The number of anilines is 1. The normalized spacial score (nSPS) is 29.2. The third kappa shape index (κ3) is 3.77. The molecule has 7 heteroatoms. The minimum Gasteiger partial charge on any atom is -0.462 e. The fourth-order valence-corrected chi connectivity index (χ4v) is 7.21. The number of rotatable bonds is 6. The third-order valence-corrected chi connectivity index (χ3v) is 8.09. The number of hydrogen-bond acceptors (Lipinski definition) is 6. The Balaban J connectivity index is 1.63. The number of thiophene rings is 1. The van der Waals surface area contributed by atoms with Gasteiger partial charge >= 0.3 is 11.9 Å². The lowest BCUT2D eigenvalue weighted by Gasteiger charge is -2.55. The van der Waals surface area contributed by atoms with Crippen LogP contribution < -0.4 is 5.32 Å². The number of carbonyl (C=O) groups is 3. The van der Waals surface area contributed by atoms with Crippen LogP contribution in [0.4, 0.5) is 5.00 Å². The van der Waals surface area contributed by atoms with Gasteiger partial charge in [-0.25, -0.2) is 9.59 Å². The van der Waals surface area contributed by atoms with Crippen molar-refractivity contribution in [1.82, 2.24) is 0 Å². The molecule has 1 N–H and O–H groups in total. The fraction of sp³-hybridized carbons (Fsp3) is 0.696. The minimum atomic E-state index is -0.518. The van der Waals surface area contributed by atoms with Crippen LogP contribution in [0.15, 0.2) is 0 Å². The number of ether oxygens (including phenoxy) is 2. The van der Waals surface area contributed by atoms with Gasteiger partial charge in [0.1, 0.15) is 9.88 Å². The van der Waals surface area contributed by atoms with Gasteiger partial charge in [0.25, 0.3) is 0 Å². The first-order chi connectivity index (χ1) is 14.2. The molecule has 4 fully saturated rings. The number of hydrogen-bond donors (Lipinski definition) is 1. The Morgan fingerprint density at radius 2 is 1.63 bits per heavy atom. The largest absolute Gasteiger partial charge is 0.462 e. The van der Waals surface area contributed by atoms with Gasteiger partial charge in [-0.15, -0.1) is 11.3 Å². The Morgan fingerprint density at radius 3 is 2.13 bits per heavy atom. The van der Waals surface area contributed by atoms with Crippen molar-refractivity contribution < 1.29 is 23.9 Å². The molecule has 1 heterocycles. The van der Waals surface area contributed by atoms with E-state index in [-0.39, 0.29) is 29.6 Å². The molecule has 0 radical (unpaired) electrons. The van der Waals surface area contributed by atoms with E-state index in [1.807, 2.05) is 0 Å². The van der Waals surface area contributed by atoms with Gasteiger partial charge in [-0.2, -0.15) is 0 Å². The predicted octanol–water partition coefficient (Wildman–Crippen LogP) is 4.95. The Bertz CT molecular complexity index is 836. The van der Waals surface area contributed by atoms with Crippen molar-refractivity contribution in [3.05, 3.63) is 16.0 Å². The summed E-state index contributed by atoms with van der Waals surface area (Å²) in [6, 6.07) is 0. The van der Waals surface area contributed by atoms with Gasteiger partial charge in [-0.05, 0) is 89.5 Å². The third-order valence-electron chi connectivity index (χ3n) is 6.90. The highest BCUT2D eigenvalue weighted by atomic mass is 32.1. The predicted molar refractivity (Wildman–Crippen MR) is 115 cm³/mol. The van der Waals surface area contributed by atoms with Gasteiger partial charge in [-0.1, -0.05) is 0 Å². The highest BCUT2D eigenvalue weighted by molar-refractivity contribution is 7.18. The molecule has 1 aromatic rings. The van der Waals surface area contributed by atoms with Crippen molar-refractivity contribution in [1.29, 1.82) is 0 Å². The monoisotopic (exact) mass is 433 g/mol. The average Bonchev–Trinajstić information content (AvgIpc) is 2.96.